The van der Waals surface area contributed by atoms with Crippen LogP contribution in [0.1, 0.15) is 13.3 Å². The molecule has 0 aliphatic heterocycles. The molecule has 3 N–H and O–H groups in total. The zero-order chi connectivity index (χ0) is 13.8. The van der Waals surface area contributed by atoms with Crippen molar-refractivity contribution in [1.29, 1.82) is 0 Å². The smallest absolute Gasteiger partial charge is 0.242 e. The van der Waals surface area contributed by atoms with Gasteiger partial charge in [-0.3, -0.25) is 0 Å². The van der Waals surface area contributed by atoms with E-state index >= 15 is 0 Å². The number of anilines is 1. The molecule has 0 saturated heterocycles. The molecule has 1 aromatic rings. The first-order chi connectivity index (χ1) is 8.36. The third kappa shape index (κ3) is 4.13. The maximum atomic E-state index is 12.1. The normalized spacial score (nSPS) is 13.5. The summed E-state index contributed by atoms with van der Waals surface area (Å²) in [5.74, 6) is 0. The zero-order valence-electron chi connectivity index (χ0n) is 10.3. The number of nitrogens with two attached hydrogens (primary N) is 1. The fraction of sp³-hybridized carbons (Fsp3) is 0.455. The standard InChI is InChI=1S/C11H17ClN2O3S/c1-8(5-6-17-2)14-18(15,16)11-7-9(12)3-4-10(11)13/h3-4,7-8,14H,5-6,13H2,1-2H3. The highest BCUT2D eigenvalue weighted by molar-refractivity contribution is 7.89. The predicted octanol–water partition coefficient (Wildman–Crippen LogP) is 1.63. The molecule has 5 nitrogen and oxygen atoms in total. The average Bonchev–Trinajstić information content (AvgIpc) is 2.29. The molecule has 1 rings (SSSR count). The van der Waals surface area contributed by atoms with Crippen LogP contribution in [-0.2, 0) is 14.8 Å². The SMILES string of the molecule is COCCC(C)NS(=O)(=O)c1cc(Cl)ccc1N. The van der Waals surface area contributed by atoms with Gasteiger partial charge in [-0.25, -0.2) is 13.1 Å². The van der Waals surface area contributed by atoms with E-state index in [1.807, 2.05) is 0 Å². The van der Waals surface area contributed by atoms with Gasteiger partial charge in [0, 0.05) is 24.8 Å². The second kappa shape index (κ2) is 6.38. The number of benzene rings is 1. The van der Waals surface area contributed by atoms with E-state index in [1.165, 1.54) is 12.1 Å². The van der Waals surface area contributed by atoms with Crippen LogP contribution >= 0.6 is 11.6 Å². The van der Waals surface area contributed by atoms with Gasteiger partial charge in [0.2, 0.25) is 10.0 Å². The molecule has 0 bridgehead atoms. The van der Waals surface area contributed by atoms with Gasteiger partial charge >= 0.3 is 0 Å². The molecule has 0 saturated carbocycles. The molecule has 7 heteroatoms. The summed E-state index contributed by atoms with van der Waals surface area (Å²) in [4.78, 5) is -0.000679. The summed E-state index contributed by atoms with van der Waals surface area (Å²) in [7, 11) is -2.09. The molecule has 1 unspecified atom stereocenters. The summed E-state index contributed by atoms with van der Waals surface area (Å²) in [6.07, 6.45) is 0.580. The molecule has 0 radical (unpaired) electrons. The van der Waals surface area contributed by atoms with Crippen LogP contribution in [0.4, 0.5) is 5.69 Å². The molecule has 0 aromatic heterocycles. The molecule has 0 heterocycles. The van der Waals surface area contributed by atoms with Crippen LogP contribution in [0.15, 0.2) is 23.1 Å². The van der Waals surface area contributed by atoms with Crippen LogP contribution in [-0.4, -0.2) is 28.2 Å². The lowest BCUT2D eigenvalue weighted by atomic mass is 10.3. The number of methoxy groups -OCH3 is 1. The van der Waals surface area contributed by atoms with E-state index < -0.39 is 10.0 Å². The van der Waals surface area contributed by atoms with Gasteiger partial charge in [0.05, 0.1) is 5.69 Å². The van der Waals surface area contributed by atoms with Gasteiger partial charge in [-0.15, -0.1) is 0 Å². The number of rotatable bonds is 6. The largest absolute Gasteiger partial charge is 0.398 e. The molecule has 0 aliphatic carbocycles. The summed E-state index contributed by atoms with van der Waals surface area (Å²) < 4.78 is 31.6. The van der Waals surface area contributed by atoms with E-state index in [0.29, 0.717) is 18.1 Å². The summed E-state index contributed by atoms with van der Waals surface area (Å²) in [6, 6.07) is 4.11. The van der Waals surface area contributed by atoms with Crippen LogP contribution in [0.5, 0.6) is 0 Å². The minimum atomic E-state index is -3.66. The Balaban J connectivity index is 2.89. The van der Waals surface area contributed by atoms with E-state index in [2.05, 4.69) is 4.72 Å². The molecule has 1 atom stereocenters. The van der Waals surface area contributed by atoms with Crippen molar-refractivity contribution < 1.29 is 13.2 Å². The summed E-state index contributed by atoms with van der Waals surface area (Å²) in [5, 5.41) is 0.328. The summed E-state index contributed by atoms with van der Waals surface area (Å²) >= 11 is 5.78. The van der Waals surface area contributed by atoms with E-state index in [9.17, 15) is 8.42 Å². The second-order valence-corrected chi connectivity index (χ2v) is 6.10. The first-order valence-corrected chi connectivity index (χ1v) is 7.29. The van der Waals surface area contributed by atoms with Crippen LogP contribution in [0.2, 0.25) is 5.02 Å². The van der Waals surface area contributed by atoms with Gasteiger partial charge in [0.1, 0.15) is 4.90 Å². The number of hydrogen-bond acceptors (Lipinski definition) is 4. The van der Waals surface area contributed by atoms with Crippen molar-refractivity contribution in [1.82, 2.24) is 4.72 Å². The Morgan fingerprint density at radius 1 is 1.50 bits per heavy atom. The molecule has 0 amide bonds. The lowest BCUT2D eigenvalue weighted by Gasteiger charge is -2.15. The molecule has 0 aliphatic rings. The van der Waals surface area contributed by atoms with Gasteiger partial charge < -0.3 is 10.5 Å². The minimum absolute atomic E-state index is 0.000679. The van der Waals surface area contributed by atoms with E-state index in [4.69, 9.17) is 22.1 Å². The van der Waals surface area contributed by atoms with Crippen LogP contribution in [0.25, 0.3) is 0 Å². The van der Waals surface area contributed by atoms with Crippen molar-refractivity contribution in [2.75, 3.05) is 19.5 Å². The number of nitrogen functional groups attached to an aromatic ring is 1. The number of ether oxygens (including phenoxy) is 1. The summed E-state index contributed by atoms with van der Waals surface area (Å²) in [6.45, 7) is 2.24. The molecule has 0 fully saturated rings. The van der Waals surface area contributed by atoms with Crippen molar-refractivity contribution >= 4 is 27.3 Å². The van der Waals surface area contributed by atoms with E-state index in [1.54, 1.807) is 20.1 Å². The fourth-order valence-corrected chi connectivity index (χ4v) is 3.09. The highest BCUT2D eigenvalue weighted by Crippen LogP contribution is 2.22. The van der Waals surface area contributed by atoms with E-state index in [-0.39, 0.29) is 16.6 Å². The Morgan fingerprint density at radius 3 is 2.78 bits per heavy atom. The van der Waals surface area contributed by atoms with Crippen LogP contribution in [0, 0.1) is 0 Å². The highest BCUT2D eigenvalue weighted by atomic mass is 35.5. The predicted molar refractivity (Wildman–Crippen MR) is 72.1 cm³/mol. The molecular weight excluding hydrogens is 276 g/mol. The number of hydrogen-bond donors (Lipinski definition) is 2. The van der Waals surface area contributed by atoms with Crippen LogP contribution in [0.3, 0.4) is 0 Å². The second-order valence-electron chi connectivity index (χ2n) is 3.99. The molecule has 102 valence electrons. The topological polar surface area (TPSA) is 81.4 Å². The van der Waals surface area contributed by atoms with Crippen LogP contribution < -0.4 is 10.5 Å². The Hall–Kier alpha value is -0.820. The Bertz CT molecular complexity index is 505. The lowest BCUT2D eigenvalue weighted by molar-refractivity contribution is 0.188. The summed E-state index contributed by atoms with van der Waals surface area (Å²) in [5.41, 5.74) is 5.82. The number of nitrogens with one attached hydrogen (secondary N) is 1. The Kier molecular flexibility index (Phi) is 5.40. The van der Waals surface area contributed by atoms with Gasteiger partial charge in [0.25, 0.3) is 0 Å². The molecular formula is C11H17ClN2O3S. The van der Waals surface area contributed by atoms with Gasteiger partial charge in [-0.2, -0.15) is 0 Å². The Labute approximate surface area is 112 Å². The van der Waals surface area contributed by atoms with Gasteiger partial charge in [-0.05, 0) is 31.5 Å². The Morgan fingerprint density at radius 2 is 2.17 bits per heavy atom. The zero-order valence-corrected chi connectivity index (χ0v) is 11.9. The maximum Gasteiger partial charge on any atom is 0.242 e. The number of sulfonamides is 1. The van der Waals surface area contributed by atoms with Crippen molar-refractivity contribution in [2.24, 2.45) is 0 Å². The highest BCUT2D eigenvalue weighted by Gasteiger charge is 2.20. The van der Waals surface area contributed by atoms with Crippen molar-refractivity contribution in [3.8, 4) is 0 Å². The van der Waals surface area contributed by atoms with Crippen molar-refractivity contribution in [3.05, 3.63) is 23.2 Å². The monoisotopic (exact) mass is 292 g/mol. The lowest BCUT2D eigenvalue weighted by Crippen LogP contribution is -2.33. The van der Waals surface area contributed by atoms with E-state index in [0.717, 1.165) is 0 Å². The first kappa shape index (κ1) is 15.2. The molecule has 18 heavy (non-hydrogen) atoms. The van der Waals surface area contributed by atoms with Gasteiger partial charge in [0.15, 0.2) is 0 Å². The molecule has 1 aromatic carbocycles. The van der Waals surface area contributed by atoms with Crippen molar-refractivity contribution in [2.45, 2.75) is 24.3 Å². The van der Waals surface area contributed by atoms with Crippen molar-refractivity contribution in [3.63, 3.8) is 0 Å². The first-order valence-electron chi connectivity index (χ1n) is 5.43. The number of halogens is 1. The fourth-order valence-electron chi connectivity index (χ4n) is 1.42. The molecule has 0 spiro atoms. The minimum Gasteiger partial charge on any atom is -0.398 e. The maximum absolute atomic E-state index is 12.1. The average molecular weight is 293 g/mol. The quantitative estimate of drug-likeness (QED) is 0.781. The third-order valence-corrected chi connectivity index (χ3v) is 4.26. The van der Waals surface area contributed by atoms with Gasteiger partial charge in [-0.1, -0.05) is 11.6 Å². The third-order valence-electron chi connectivity index (χ3n) is 2.38.